The van der Waals surface area contributed by atoms with Crippen molar-refractivity contribution in [1.29, 1.82) is 0 Å². The molecule has 71 heavy (non-hydrogen) atoms. The van der Waals surface area contributed by atoms with Crippen molar-refractivity contribution < 1.29 is 0 Å². The van der Waals surface area contributed by atoms with E-state index < -0.39 is 0 Å². The molecular formula is C67H46N4. The van der Waals surface area contributed by atoms with Gasteiger partial charge in [0.2, 0.25) is 0 Å². The van der Waals surface area contributed by atoms with Gasteiger partial charge in [-0.15, -0.1) is 5.73 Å². The zero-order valence-corrected chi connectivity index (χ0v) is 39.1. The van der Waals surface area contributed by atoms with E-state index >= 15 is 0 Å². The van der Waals surface area contributed by atoms with Crippen LogP contribution in [-0.2, 0) is 12.8 Å². The molecule has 334 valence electrons. The first-order valence-electron chi connectivity index (χ1n) is 24.9. The Labute approximate surface area is 411 Å². The second kappa shape index (κ2) is 15.7. The minimum absolute atomic E-state index is 1.03. The van der Waals surface area contributed by atoms with Crippen LogP contribution in [-0.4, -0.2) is 18.3 Å². The molecule has 4 aromatic heterocycles. The highest BCUT2D eigenvalue weighted by atomic mass is 15.0. The molecule has 8 aromatic carbocycles. The van der Waals surface area contributed by atoms with Crippen molar-refractivity contribution in [3.63, 3.8) is 0 Å². The van der Waals surface area contributed by atoms with Gasteiger partial charge in [-0.3, -0.25) is 0 Å². The van der Waals surface area contributed by atoms with Crippen molar-refractivity contribution in [3.8, 4) is 45.0 Å². The lowest BCUT2D eigenvalue weighted by Gasteiger charge is -2.14. The summed E-state index contributed by atoms with van der Waals surface area (Å²) in [6, 6.07) is 67.6. The summed E-state index contributed by atoms with van der Waals surface area (Å²) in [7, 11) is 0. The molecule has 4 nitrogen and oxygen atoms in total. The van der Waals surface area contributed by atoms with Crippen LogP contribution in [0.1, 0.15) is 46.6 Å². The van der Waals surface area contributed by atoms with Crippen LogP contribution in [0.15, 0.2) is 212 Å². The minimum atomic E-state index is 1.03. The number of allylic oxidation sites excluding steroid dienone is 4. The number of nitrogens with zero attached hydrogens (tertiary/aromatic N) is 4. The molecule has 3 aliphatic rings. The Morgan fingerprint density at radius 1 is 0.338 bits per heavy atom. The van der Waals surface area contributed by atoms with E-state index in [0.717, 1.165) is 48.3 Å². The van der Waals surface area contributed by atoms with Gasteiger partial charge in [0.05, 0.1) is 33.3 Å². The second-order valence-corrected chi connectivity index (χ2v) is 19.2. The molecule has 3 aliphatic carbocycles. The summed E-state index contributed by atoms with van der Waals surface area (Å²) in [4.78, 5) is 0. The van der Waals surface area contributed by atoms with Crippen LogP contribution in [0.4, 0.5) is 0 Å². The van der Waals surface area contributed by atoms with Gasteiger partial charge in [-0.25, -0.2) is 0 Å². The summed E-state index contributed by atoms with van der Waals surface area (Å²) in [6.07, 6.45) is 22.0. The van der Waals surface area contributed by atoms with E-state index in [9.17, 15) is 0 Å². The Bertz CT molecular complexity index is 4360. The molecule has 0 saturated carbocycles. The molecule has 0 saturated heterocycles. The van der Waals surface area contributed by atoms with Crippen molar-refractivity contribution in [2.45, 2.75) is 25.7 Å². The van der Waals surface area contributed by atoms with Crippen molar-refractivity contribution in [2.75, 3.05) is 0 Å². The van der Waals surface area contributed by atoms with Gasteiger partial charge >= 0.3 is 0 Å². The molecule has 0 amide bonds. The fraction of sp³-hybridized carbons (Fsp3) is 0.0597. The van der Waals surface area contributed by atoms with E-state index in [1.807, 2.05) is 6.08 Å². The summed E-state index contributed by atoms with van der Waals surface area (Å²) in [5.41, 5.74) is 26.8. The highest BCUT2D eigenvalue weighted by Crippen LogP contribution is 2.42. The fourth-order valence-corrected chi connectivity index (χ4v) is 12.2. The Morgan fingerprint density at radius 3 is 1.39 bits per heavy atom. The molecule has 0 aliphatic heterocycles. The number of aromatic nitrogens is 4. The maximum atomic E-state index is 3.45. The van der Waals surface area contributed by atoms with Gasteiger partial charge in [0, 0.05) is 83.8 Å². The number of hydrogen-bond acceptors (Lipinski definition) is 0. The SMILES string of the molecule is C1=CC=Cc2c(n(-c3cccc(-n4c5ccccc5c5cc(-c6ccc7c(c6)c6c(n7-c7ccccc7)CCC=C6)ccc54)c3)c3ccc(-c4ccc5c(c4)c4c(n5-c5ccccc5)CCC=C4)cc23)C=1. The lowest BCUT2D eigenvalue weighted by atomic mass is 9.98. The summed E-state index contributed by atoms with van der Waals surface area (Å²) in [6.45, 7) is 0. The molecule has 0 spiro atoms. The fourth-order valence-electron chi connectivity index (χ4n) is 12.2. The number of fused-ring (bicyclic) bond motifs is 12. The van der Waals surface area contributed by atoms with Crippen LogP contribution in [0.2, 0.25) is 0 Å². The zero-order chi connectivity index (χ0) is 46.6. The molecule has 0 bridgehead atoms. The van der Waals surface area contributed by atoms with Crippen LogP contribution < -0.4 is 0 Å². The van der Waals surface area contributed by atoms with Crippen LogP contribution >= 0.6 is 0 Å². The normalized spacial score (nSPS) is 13.7. The monoisotopic (exact) mass is 906 g/mol. The first kappa shape index (κ1) is 39.9. The number of para-hydroxylation sites is 3. The highest BCUT2D eigenvalue weighted by Gasteiger charge is 2.23. The Kier molecular flexibility index (Phi) is 8.83. The molecule has 0 radical (unpaired) electrons. The highest BCUT2D eigenvalue weighted by molar-refractivity contribution is 6.11. The first-order chi connectivity index (χ1) is 35.2. The number of rotatable bonds is 6. The summed E-state index contributed by atoms with van der Waals surface area (Å²) in [5.74, 6) is 0. The smallest absolute Gasteiger partial charge is 0.0618 e. The Morgan fingerprint density at radius 2 is 0.803 bits per heavy atom. The molecule has 15 rings (SSSR count). The van der Waals surface area contributed by atoms with E-state index in [4.69, 9.17) is 0 Å². The largest absolute Gasteiger partial charge is 0.313 e. The second-order valence-electron chi connectivity index (χ2n) is 19.2. The van der Waals surface area contributed by atoms with Gasteiger partial charge in [-0.05, 0) is 151 Å². The van der Waals surface area contributed by atoms with Crippen molar-refractivity contribution >= 4 is 78.8 Å². The molecule has 0 N–H and O–H groups in total. The lowest BCUT2D eigenvalue weighted by Crippen LogP contribution is -2.02. The van der Waals surface area contributed by atoms with Gasteiger partial charge in [0.1, 0.15) is 0 Å². The maximum Gasteiger partial charge on any atom is 0.0618 e. The lowest BCUT2D eigenvalue weighted by molar-refractivity contribution is 0.888. The number of benzene rings is 8. The molecule has 0 fully saturated rings. The molecule has 12 aromatic rings. The minimum Gasteiger partial charge on any atom is -0.313 e. The van der Waals surface area contributed by atoms with Gasteiger partial charge < -0.3 is 18.3 Å². The Balaban J connectivity index is 0.843. The zero-order valence-electron chi connectivity index (χ0n) is 39.1. The van der Waals surface area contributed by atoms with E-state index in [1.165, 1.54) is 111 Å². The van der Waals surface area contributed by atoms with Crippen molar-refractivity contribution in [1.82, 2.24) is 18.3 Å². The summed E-state index contributed by atoms with van der Waals surface area (Å²) in [5, 5.41) is 6.29. The van der Waals surface area contributed by atoms with Crippen molar-refractivity contribution in [2.24, 2.45) is 0 Å². The van der Waals surface area contributed by atoms with Crippen molar-refractivity contribution in [3.05, 3.63) is 246 Å². The van der Waals surface area contributed by atoms with Gasteiger partial charge in [-0.1, -0.05) is 121 Å². The van der Waals surface area contributed by atoms with Crippen LogP contribution in [0.5, 0.6) is 0 Å². The number of hydrogen-bond donors (Lipinski definition) is 0. The summed E-state index contributed by atoms with van der Waals surface area (Å²) >= 11 is 0. The molecular weight excluding hydrogens is 861 g/mol. The van der Waals surface area contributed by atoms with Gasteiger partial charge in [0.25, 0.3) is 0 Å². The molecule has 0 atom stereocenters. The van der Waals surface area contributed by atoms with E-state index in [0.29, 0.717) is 0 Å². The summed E-state index contributed by atoms with van der Waals surface area (Å²) < 4.78 is 9.79. The predicted octanol–water partition coefficient (Wildman–Crippen LogP) is 17.1. The molecule has 0 unspecified atom stereocenters. The molecule has 4 heteroatoms. The van der Waals surface area contributed by atoms with E-state index in [2.05, 4.69) is 249 Å². The maximum absolute atomic E-state index is 3.45. The van der Waals surface area contributed by atoms with Crippen LogP contribution in [0, 0.1) is 0 Å². The van der Waals surface area contributed by atoms with Gasteiger partial charge in [-0.2, -0.15) is 0 Å². The van der Waals surface area contributed by atoms with Crippen LogP contribution in [0.25, 0.3) is 124 Å². The Hall–Kier alpha value is -9.08. The van der Waals surface area contributed by atoms with E-state index in [-0.39, 0.29) is 0 Å². The average molecular weight is 907 g/mol. The van der Waals surface area contributed by atoms with Crippen LogP contribution in [0.3, 0.4) is 0 Å². The van der Waals surface area contributed by atoms with Gasteiger partial charge in [0.15, 0.2) is 0 Å². The third-order valence-corrected chi connectivity index (χ3v) is 15.3. The molecule has 4 heterocycles. The topological polar surface area (TPSA) is 19.7 Å². The van der Waals surface area contributed by atoms with E-state index in [1.54, 1.807) is 0 Å². The quantitative estimate of drug-likeness (QED) is 0.148. The average Bonchev–Trinajstić information content (AvgIpc) is 4.09. The third-order valence-electron chi connectivity index (χ3n) is 15.3. The standard InChI is InChI=1S/C67H46N4/c1-4-17-48(18-5-1)68-60-28-13-10-24-53(60)56-39-44(31-35-64(56)68)46-33-37-66-58(41-46)52-23-8-3-9-27-62(52)70(66)50-21-16-22-51(43-50)71-63-30-15-12-26-55(63)59-42-47(34-38-67(59)71)45-32-36-65-57(40-45)54-25-11-14-29-61(54)69(65)49-19-6-2-7-20-49/h1-8,10-12,15-27,30-43H,13-14,28-29H2. The first-order valence-corrected chi connectivity index (χ1v) is 24.9. The predicted molar refractivity (Wildman–Crippen MR) is 298 cm³/mol. The third kappa shape index (κ3) is 6.12.